The summed E-state index contributed by atoms with van der Waals surface area (Å²) >= 11 is 0. The fraction of sp³-hybridized carbons (Fsp3) is 0. The molecule has 0 aliphatic heterocycles. The van der Waals surface area contributed by atoms with Gasteiger partial charge in [0.15, 0.2) is 0 Å². The first-order chi connectivity index (χ1) is 28.3. The van der Waals surface area contributed by atoms with E-state index in [9.17, 15) is 0 Å². The fourth-order valence-corrected chi connectivity index (χ4v) is 8.58. The topological polar surface area (TPSA) is 21.3 Å². The minimum Gasteiger partial charge on any atom is -0.456 e. The Labute approximate surface area is 330 Å². The lowest BCUT2D eigenvalue weighted by Crippen LogP contribution is -2.10. The van der Waals surface area contributed by atoms with E-state index >= 15 is 0 Å². The van der Waals surface area contributed by atoms with Crippen LogP contribution in [0.1, 0.15) is 0 Å². The molecule has 0 saturated heterocycles. The number of anilines is 3. The number of nitrogens with zero attached hydrogens (tertiary/aromatic N) is 2. The summed E-state index contributed by atoms with van der Waals surface area (Å²) in [6.45, 7) is 0. The summed E-state index contributed by atoms with van der Waals surface area (Å²) in [4.78, 5) is 2.34. The summed E-state index contributed by atoms with van der Waals surface area (Å²) < 4.78 is 8.85. The molecule has 0 radical (unpaired) electrons. The van der Waals surface area contributed by atoms with Crippen molar-refractivity contribution >= 4 is 60.8 Å². The van der Waals surface area contributed by atoms with Crippen molar-refractivity contribution in [3.8, 4) is 39.1 Å². The molecule has 11 rings (SSSR count). The highest BCUT2D eigenvalue weighted by atomic mass is 16.3. The summed E-state index contributed by atoms with van der Waals surface area (Å²) in [5, 5.41) is 4.73. The molecule has 0 amide bonds. The molecule has 3 heteroatoms. The quantitative estimate of drug-likeness (QED) is 0.163. The van der Waals surface area contributed by atoms with Gasteiger partial charge in [-0.15, -0.1) is 0 Å². The van der Waals surface area contributed by atoms with Gasteiger partial charge in [-0.1, -0.05) is 152 Å². The van der Waals surface area contributed by atoms with E-state index in [1.807, 2.05) is 12.1 Å². The van der Waals surface area contributed by atoms with Crippen molar-refractivity contribution in [1.29, 1.82) is 0 Å². The number of rotatable bonds is 7. The highest BCUT2D eigenvalue weighted by Crippen LogP contribution is 2.43. The van der Waals surface area contributed by atoms with Crippen LogP contribution in [0.5, 0.6) is 0 Å². The number of aromatic nitrogens is 1. The Hall–Kier alpha value is -7.62. The monoisotopic (exact) mass is 728 g/mol. The van der Waals surface area contributed by atoms with E-state index in [1.165, 1.54) is 49.6 Å². The predicted octanol–water partition coefficient (Wildman–Crippen LogP) is 15.2. The van der Waals surface area contributed by atoms with Crippen molar-refractivity contribution in [3.05, 3.63) is 218 Å². The van der Waals surface area contributed by atoms with Crippen molar-refractivity contribution in [2.24, 2.45) is 0 Å². The third kappa shape index (κ3) is 5.60. The summed E-state index contributed by atoms with van der Waals surface area (Å²) in [6.07, 6.45) is 0. The average molecular weight is 729 g/mol. The summed E-state index contributed by atoms with van der Waals surface area (Å²) in [6, 6.07) is 78.1. The molecule has 0 aliphatic carbocycles. The van der Waals surface area contributed by atoms with Gasteiger partial charge >= 0.3 is 0 Å². The first kappa shape index (κ1) is 32.8. The van der Waals surface area contributed by atoms with Gasteiger partial charge in [0.2, 0.25) is 0 Å². The van der Waals surface area contributed by atoms with E-state index in [1.54, 1.807) is 0 Å². The highest BCUT2D eigenvalue weighted by molar-refractivity contribution is 6.10. The van der Waals surface area contributed by atoms with Gasteiger partial charge in [0.25, 0.3) is 0 Å². The number of furan rings is 1. The third-order valence-electron chi connectivity index (χ3n) is 11.2. The number of hydrogen-bond donors (Lipinski definition) is 0. The normalized spacial score (nSPS) is 11.5. The second-order valence-electron chi connectivity index (χ2n) is 14.5. The van der Waals surface area contributed by atoms with E-state index < -0.39 is 0 Å². The Morgan fingerprint density at radius 2 is 0.825 bits per heavy atom. The summed E-state index contributed by atoms with van der Waals surface area (Å²) in [7, 11) is 0. The maximum Gasteiger partial charge on any atom is 0.137 e. The molecule has 11 aromatic rings. The molecule has 2 heterocycles. The van der Waals surface area contributed by atoms with Crippen LogP contribution >= 0.6 is 0 Å². The molecule has 0 aliphatic rings. The lowest BCUT2D eigenvalue weighted by Gasteiger charge is -2.27. The Bertz CT molecular complexity index is 3180. The SMILES string of the molecule is c1ccc(-c2ccc(N(c3ccc(-c4ccccc4-n4c5ccccc5c5ccccc54)cc3)c3ccc4c(c3)oc3ccccc34)cc2-c2ccccc2)cc1. The van der Waals surface area contributed by atoms with Gasteiger partial charge in [-0.25, -0.2) is 0 Å². The molecular formula is C54H36N2O. The first-order valence-corrected chi connectivity index (χ1v) is 19.4. The fourth-order valence-electron chi connectivity index (χ4n) is 8.58. The Morgan fingerprint density at radius 1 is 0.316 bits per heavy atom. The number of benzene rings is 9. The predicted molar refractivity (Wildman–Crippen MR) is 239 cm³/mol. The molecule has 268 valence electrons. The van der Waals surface area contributed by atoms with Crippen LogP contribution in [-0.2, 0) is 0 Å². The average Bonchev–Trinajstić information content (AvgIpc) is 3.83. The molecule has 0 atom stereocenters. The second-order valence-corrected chi connectivity index (χ2v) is 14.5. The molecule has 0 spiro atoms. The standard InChI is InChI=1S/C54H36N2O/c1-3-15-37(16-4-1)43-33-31-41(35-49(43)38-17-5-2-6-18-38)55(42-32-34-48-47-22-10-14-26-53(47)57-54(48)36-42)40-29-27-39(28-30-40)44-19-7-11-23-50(44)56-51-24-12-8-20-45(51)46-21-9-13-25-52(46)56/h1-36H. The zero-order chi connectivity index (χ0) is 37.7. The lowest BCUT2D eigenvalue weighted by atomic mass is 9.93. The van der Waals surface area contributed by atoms with Gasteiger partial charge in [0.1, 0.15) is 11.2 Å². The zero-order valence-electron chi connectivity index (χ0n) is 31.1. The molecule has 2 aromatic heterocycles. The Morgan fingerprint density at radius 3 is 1.54 bits per heavy atom. The van der Waals surface area contributed by atoms with E-state index in [2.05, 4.69) is 216 Å². The molecule has 0 unspecified atom stereocenters. The minimum absolute atomic E-state index is 0.861. The molecule has 3 nitrogen and oxygen atoms in total. The second kappa shape index (κ2) is 13.6. The van der Waals surface area contributed by atoms with Gasteiger partial charge in [-0.2, -0.15) is 0 Å². The molecule has 57 heavy (non-hydrogen) atoms. The molecule has 9 aromatic carbocycles. The van der Waals surface area contributed by atoms with Gasteiger partial charge in [-0.3, -0.25) is 0 Å². The van der Waals surface area contributed by atoms with Crippen molar-refractivity contribution in [2.75, 3.05) is 4.90 Å². The Kier molecular flexibility index (Phi) is 7.82. The van der Waals surface area contributed by atoms with Gasteiger partial charge in [-0.05, 0) is 88.5 Å². The lowest BCUT2D eigenvalue weighted by molar-refractivity contribution is 0.669. The van der Waals surface area contributed by atoms with Crippen LogP contribution in [0.2, 0.25) is 0 Å². The van der Waals surface area contributed by atoms with Crippen LogP contribution < -0.4 is 4.90 Å². The smallest absolute Gasteiger partial charge is 0.137 e. The molecule has 0 saturated carbocycles. The van der Waals surface area contributed by atoms with E-state index in [4.69, 9.17) is 4.42 Å². The number of para-hydroxylation sites is 4. The zero-order valence-corrected chi connectivity index (χ0v) is 31.1. The molecular weight excluding hydrogens is 693 g/mol. The first-order valence-electron chi connectivity index (χ1n) is 19.4. The largest absolute Gasteiger partial charge is 0.456 e. The van der Waals surface area contributed by atoms with Crippen LogP contribution in [0.3, 0.4) is 0 Å². The summed E-state index contributed by atoms with van der Waals surface area (Å²) in [5.74, 6) is 0. The van der Waals surface area contributed by atoms with Crippen molar-refractivity contribution in [1.82, 2.24) is 4.57 Å². The van der Waals surface area contributed by atoms with Crippen molar-refractivity contribution in [2.45, 2.75) is 0 Å². The third-order valence-corrected chi connectivity index (χ3v) is 11.2. The summed E-state index contributed by atoms with van der Waals surface area (Å²) in [5.41, 5.74) is 15.5. The van der Waals surface area contributed by atoms with Gasteiger partial charge < -0.3 is 13.9 Å². The van der Waals surface area contributed by atoms with Crippen LogP contribution in [0.25, 0.3) is 82.8 Å². The van der Waals surface area contributed by atoms with Crippen molar-refractivity contribution in [3.63, 3.8) is 0 Å². The minimum atomic E-state index is 0.861. The van der Waals surface area contributed by atoms with Crippen molar-refractivity contribution < 1.29 is 4.42 Å². The molecule has 0 bridgehead atoms. The van der Waals surface area contributed by atoms with E-state index in [-0.39, 0.29) is 0 Å². The van der Waals surface area contributed by atoms with Crippen LogP contribution in [0.15, 0.2) is 223 Å². The highest BCUT2D eigenvalue weighted by Gasteiger charge is 2.20. The van der Waals surface area contributed by atoms with E-state index in [0.29, 0.717) is 0 Å². The maximum absolute atomic E-state index is 6.44. The number of hydrogen-bond acceptors (Lipinski definition) is 2. The molecule has 0 N–H and O–H groups in total. The van der Waals surface area contributed by atoms with Crippen LogP contribution in [0.4, 0.5) is 17.1 Å². The Balaban J connectivity index is 1.08. The van der Waals surface area contributed by atoms with Crippen LogP contribution in [-0.4, -0.2) is 4.57 Å². The van der Waals surface area contributed by atoms with Gasteiger partial charge in [0.05, 0.1) is 16.7 Å². The molecule has 0 fully saturated rings. The van der Waals surface area contributed by atoms with Gasteiger partial charge in [0, 0.05) is 50.2 Å². The van der Waals surface area contributed by atoms with Crippen LogP contribution in [0, 0.1) is 0 Å². The number of fused-ring (bicyclic) bond motifs is 6. The maximum atomic E-state index is 6.44. The van der Waals surface area contributed by atoms with E-state index in [0.717, 1.165) is 50.3 Å².